The van der Waals surface area contributed by atoms with Crippen LogP contribution in [0, 0.1) is 41.4 Å². The fourth-order valence-electron chi connectivity index (χ4n) is 17.1. The Hall–Kier alpha value is -9.91. The molecule has 8 heterocycles. The van der Waals surface area contributed by atoms with E-state index in [0.29, 0.717) is 115 Å². The molecular formula is C99H118BBrN13O12S5. The third-order valence-electron chi connectivity index (χ3n) is 24.2. The molecule has 10 N–H and O–H groups in total. The Morgan fingerprint density at radius 1 is 0.435 bits per heavy atom. The molecule has 0 saturated heterocycles. The standard InChI is InChI=1S/C25H29N3OS.C24H27N3O2S.C23H26N4O5S2.C17H20BrN3OS.C8H10BO2.C2H6O/c1-3-20-13-21(11-17(20)2)28-25-22(14-26-16-27-25)24(29)23-12-19(15-30-23)10-9-18-7-5-4-6-8-18;1-16-9-20(11-19(16)13-28)27-24-21(12-25-15-26-24)23(29)22-10-18(14-30-22)8-7-17-5-3-2-4-6-17;24-34(30,31)32-12-17-9-18(10-20(17)28)27-23-19(11-25-14-26-23)22(29)21-8-16(13-33-21)7-6-15-4-2-1-3-5-15;1-3-11-5-13(4-10(11)2)21-17-14(7-19-9-20-17)16(22)15-6-12(18)8-23-15;10-9-11-7-6-8-4-2-1-3-5-8;1-2-3/h4-8,12,14-17,20-21H,3,9-11,13H2,1-2H3,(H,26,27,28);2-6,10,12,14-16,19-20,28H,7-9,11,13H2,1H3,(H,25,26,27);1-5,8,11,13-14,17-18,20,28H,6-7,9-10,12H2,(H2,24,30,31)(H,25,26,27);6-11,13H,3-5H2,1-2H3,(H,19,20,21);1-5,10H,6-7H2;3H,2H2,1H3/t17-,20-,21-;16-,19+,20-;17-,18-,20+;10-,11-,13-;;/m0010../s1. The number of carbonyl (C=O) groups excluding carboxylic acids is 4. The number of carbonyl (C=O) groups is 4. The predicted octanol–water partition coefficient (Wildman–Crippen LogP) is 18.0. The Labute approximate surface area is 794 Å². The number of nitrogens with zero attached hydrogens (tertiary/aromatic N) is 8. The lowest BCUT2D eigenvalue weighted by molar-refractivity contribution is 0.100. The molecule has 12 atom stereocenters. The van der Waals surface area contributed by atoms with Crippen molar-refractivity contribution in [3.8, 4) is 0 Å². The molecular weight excluding hydrogens is 1810 g/mol. The van der Waals surface area contributed by atoms with Gasteiger partial charge in [0.25, 0.3) is 0 Å². The minimum absolute atomic E-state index is 0.00662. The molecule has 4 fully saturated rings. The average molecular weight is 1930 g/mol. The minimum Gasteiger partial charge on any atom is -0.429 e. The van der Waals surface area contributed by atoms with Crippen LogP contribution in [0.25, 0.3) is 0 Å². The Kier molecular flexibility index (Phi) is 40.7. The maximum atomic E-state index is 13.2. The van der Waals surface area contributed by atoms with Gasteiger partial charge in [-0.15, -0.1) is 45.3 Å². The summed E-state index contributed by atoms with van der Waals surface area (Å²) in [4.78, 5) is 88.6. The van der Waals surface area contributed by atoms with E-state index in [4.69, 9.17) is 15.3 Å². The Balaban J connectivity index is 0.000000161. The summed E-state index contributed by atoms with van der Waals surface area (Å²) in [5.74, 6) is 5.33. The van der Waals surface area contributed by atoms with Crippen LogP contribution in [0.3, 0.4) is 0 Å². The quantitative estimate of drug-likeness (QED) is 0.0101. The van der Waals surface area contributed by atoms with Crippen molar-refractivity contribution < 1.29 is 56.8 Å². The minimum atomic E-state index is -4.07. The predicted molar refractivity (Wildman–Crippen MR) is 526 cm³/mol. The first kappa shape index (κ1) is 102. The molecule has 1 radical (unpaired) electrons. The van der Waals surface area contributed by atoms with Gasteiger partial charge in [-0.05, 0) is 234 Å². The number of ketones is 4. The zero-order chi connectivity index (χ0) is 93.0. The van der Waals surface area contributed by atoms with Crippen molar-refractivity contribution in [1.82, 2.24) is 39.9 Å². The van der Waals surface area contributed by atoms with E-state index in [1.807, 2.05) is 95.7 Å². The second kappa shape index (κ2) is 52.5. The highest BCUT2D eigenvalue weighted by atomic mass is 79.9. The summed E-state index contributed by atoms with van der Waals surface area (Å²) in [6.07, 6.45) is 27.4. The highest BCUT2D eigenvalue weighted by molar-refractivity contribution is 9.10. The third kappa shape index (κ3) is 31.6. The van der Waals surface area contributed by atoms with Crippen LogP contribution in [0.1, 0.15) is 206 Å². The van der Waals surface area contributed by atoms with Crippen LogP contribution in [-0.4, -0.2) is 156 Å². The van der Waals surface area contributed by atoms with E-state index in [1.54, 1.807) is 25.5 Å². The van der Waals surface area contributed by atoms with Gasteiger partial charge in [-0.25, -0.2) is 45.0 Å². The van der Waals surface area contributed by atoms with Gasteiger partial charge in [0.15, 0.2) is 0 Å². The number of aliphatic hydroxyl groups excluding tert-OH is 3. The van der Waals surface area contributed by atoms with Crippen LogP contribution in [0.15, 0.2) is 222 Å². The number of hydrogen-bond acceptors (Lipinski definition) is 28. The lowest BCUT2D eigenvalue weighted by Gasteiger charge is -2.15. The number of benzene rings is 4. The number of aromatic nitrogens is 8. The van der Waals surface area contributed by atoms with Crippen LogP contribution in [0.5, 0.6) is 0 Å². The number of rotatable bonds is 35. The summed E-state index contributed by atoms with van der Waals surface area (Å²) in [6, 6.07) is 49.5. The van der Waals surface area contributed by atoms with Gasteiger partial charge in [0.2, 0.25) is 23.1 Å². The first-order valence-electron chi connectivity index (χ1n) is 44.7. The van der Waals surface area contributed by atoms with Gasteiger partial charge in [0.05, 0.1) is 54.5 Å². The van der Waals surface area contributed by atoms with E-state index in [-0.39, 0.29) is 55.0 Å². The topological polar surface area (TPSA) is 379 Å². The summed E-state index contributed by atoms with van der Waals surface area (Å²) in [5, 5.41) is 62.2. The van der Waals surface area contributed by atoms with E-state index in [9.17, 15) is 37.8 Å². The van der Waals surface area contributed by atoms with Crippen LogP contribution in [0.2, 0.25) is 0 Å². The molecule has 131 heavy (non-hydrogen) atoms. The fourth-order valence-corrected chi connectivity index (χ4v) is 21.5. The van der Waals surface area contributed by atoms with Gasteiger partial charge in [-0.3, -0.25) is 23.4 Å². The molecule has 25 nitrogen and oxygen atoms in total. The summed E-state index contributed by atoms with van der Waals surface area (Å²) >= 11 is 9.20. The monoisotopic (exact) mass is 1930 g/mol. The maximum Gasteiger partial charge on any atom is 0.485 e. The van der Waals surface area contributed by atoms with Crippen LogP contribution < -0.4 is 26.4 Å². The number of aryl methyl sites for hydroxylation is 6. The molecule has 8 aromatic heterocycles. The zero-order valence-corrected chi connectivity index (χ0v) is 80.4. The normalized spacial score (nSPS) is 20.0. The van der Waals surface area contributed by atoms with Gasteiger partial charge in [0.1, 0.15) is 48.6 Å². The van der Waals surface area contributed by atoms with Gasteiger partial charge >= 0.3 is 18.0 Å². The van der Waals surface area contributed by atoms with Crippen LogP contribution in [-0.2, 0) is 64.1 Å². The van der Waals surface area contributed by atoms with Crippen molar-refractivity contribution in [2.45, 2.75) is 181 Å². The molecule has 16 rings (SSSR count). The number of aliphatic hydroxyl groups is 3. The molecule has 0 amide bonds. The van der Waals surface area contributed by atoms with E-state index >= 15 is 0 Å². The number of thiophene rings is 4. The van der Waals surface area contributed by atoms with Crippen LogP contribution in [0.4, 0.5) is 23.3 Å². The number of anilines is 4. The highest BCUT2D eigenvalue weighted by Crippen LogP contribution is 2.40. The molecule has 4 saturated carbocycles. The molecule has 691 valence electrons. The van der Waals surface area contributed by atoms with E-state index in [2.05, 4.69) is 192 Å². The molecule has 32 heteroatoms. The number of nitrogens with one attached hydrogen (secondary N) is 4. The third-order valence-corrected chi connectivity index (χ3v) is 29.3. The van der Waals surface area contributed by atoms with Gasteiger partial charge in [-0.1, -0.05) is 169 Å². The zero-order valence-electron chi connectivity index (χ0n) is 74.8. The molecule has 12 aromatic rings. The first-order chi connectivity index (χ1) is 63.5. The van der Waals surface area contributed by atoms with Gasteiger partial charge in [-0.2, -0.15) is 8.42 Å². The highest BCUT2D eigenvalue weighted by Gasteiger charge is 2.37. The number of halogens is 1. The largest absolute Gasteiger partial charge is 0.485 e. The van der Waals surface area contributed by atoms with Gasteiger partial charge in [0, 0.05) is 84.5 Å². The fraction of sp³-hybridized carbons (Fsp3) is 0.394. The molecule has 0 aliphatic heterocycles. The van der Waals surface area contributed by atoms with Crippen molar-refractivity contribution in [2.24, 2.45) is 46.6 Å². The molecule has 0 spiro atoms. The molecule has 4 aromatic carbocycles. The SMILES string of the molecule is CCO.CC[C@H]1C[C@@H](Nc2ncncc2C(=O)c2cc(Br)cs2)C[C@@H]1C.CC[C@H]1C[C@@H](Nc2ncncc2C(=O)c2cc(CCc3ccccc3)cs2)C[C@@H]1C.C[C@H]1C[C@H](Nc2ncncc2C(=O)c2cc(CCc3ccccc3)cs2)C[C@@H]1CO.NS(=O)(=O)OC[C@H]1C[C@@H](Nc2ncncc2C(=O)c2cc(CCc3ccccc3)cs2)C[C@@H]1O.O[B]OCCc1ccccc1. The second-order valence-electron chi connectivity index (χ2n) is 33.6. The summed E-state index contributed by atoms with van der Waals surface area (Å²) < 4.78 is 32.3. The Morgan fingerprint density at radius 2 is 0.733 bits per heavy atom. The number of nitrogens with two attached hydrogens (primary N) is 1. The van der Waals surface area contributed by atoms with Crippen molar-refractivity contribution in [3.63, 3.8) is 0 Å². The van der Waals surface area contributed by atoms with Crippen molar-refractivity contribution in [1.29, 1.82) is 0 Å². The molecule has 4 aliphatic carbocycles. The molecule has 0 unspecified atom stereocenters. The van der Waals surface area contributed by atoms with Crippen LogP contribution >= 0.6 is 61.3 Å². The summed E-state index contributed by atoms with van der Waals surface area (Å²) in [5.41, 5.74) is 10.5. The lowest BCUT2D eigenvalue weighted by Crippen LogP contribution is -2.24. The van der Waals surface area contributed by atoms with E-state index < -0.39 is 22.3 Å². The summed E-state index contributed by atoms with van der Waals surface area (Å²) in [6.45, 7) is 13.8. The average Bonchev–Trinajstić information content (AvgIpc) is 1.64. The van der Waals surface area contributed by atoms with Crippen molar-refractivity contribution >= 4 is 126 Å². The second-order valence-corrected chi connectivity index (χ2v) is 39.4. The van der Waals surface area contributed by atoms with E-state index in [0.717, 1.165) is 118 Å². The Bertz CT molecular complexity index is 5470. The molecule has 0 bridgehead atoms. The Morgan fingerprint density at radius 3 is 1.03 bits per heavy atom. The smallest absolute Gasteiger partial charge is 0.429 e. The van der Waals surface area contributed by atoms with Crippen molar-refractivity contribution in [2.75, 3.05) is 47.7 Å². The lowest BCUT2D eigenvalue weighted by atomic mass is 9.96. The molecule has 4 aliphatic rings. The summed E-state index contributed by atoms with van der Waals surface area (Å²) in [7, 11) is -3.35. The van der Waals surface area contributed by atoms with E-state index in [1.165, 1.54) is 123 Å². The maximum absolute atomic E-state index is 13.2. The number of hydrogen-bond donors (Lipinski definition) is 9. The first-order valence-corrected chi connectivity index (χ1v) is 50.5. The van der Waals surface area contributed by atoms with Gasteiger partial charge < -0.3 is 46.3 Å². The van der Waals surface area contributed by atoms with Crippen molar-refractivity contribution in [3.05, 3.63) is 302 Å².